The lowest BCUT2D eigenvalue weighted by atomic mass is 10.1. The first-order chi connectivity index (χ1) is 9.63. The van der Waals surface area contributed by atoms with Crippen molar-refractivity contribution in [2.24, 2.45) is 5.73 Å². The van der Waals surface area contributed by atoms with E-state index in [1.54, 1.807) is 0 Å². The van der Waals surface area contributed by atoms with Crippen molar-refractivity contribution in [1.29, 1.82) is 0 Å². The average molecular weight is 292 g/mol. The van der Waals surface area contributed by atoms with Crippen LogP contribution in [0.15, 0.2) is 24.3 Å². The van der Waals surface area contributed by atoms with Crippen LogP contribution in [0.1, 0.15) is 38.7 Å². The van der Waals surface area contributed by atoms with E-state index >= 15 is 0 Å². The molecule has 3 nitrogen and oxygen atoms in total. The molecule has 1 aromatic carbocycles. The molecule has 4 heteroatoms. The highest BCUT2D eigenvalue weighted by molar-refractivity contribution is 7.80. The maximum atomic E-state index is 5.89. The quantitative estimate of drug-likeness (QED) is 0.818. The van der Waals surface area contributed by atoms with E-state index in [2.05, 4.69) is 18.7 Å². The number of nitrogens with two attached hydrogens (primary N) is 1. The number of rotatable bonds is 6. The monoisotopic (exact) mass is 292 g/mol. The van der Waals surface area contributed by atoms with Gasteiger partial charge in [-0.05, 0) is 38.3 Å². The SMILES string of the molecule is CCC1CCC(C)N1CCOc1ccccc1C(N)=S. The van der Waals surface area contributed by atoms with Crippen LogP contribution in [0, 0.1) is 0 Å². The van der Waals surface area contributed by atoms with E-state index in [1.165, 1.54) is 19.3 Å². The van der Waals surface area contributed by atoms with Crippen molar-refractivity contribution in [3.8, 4) is 5.75 Å². The molecule has 1 aliphatic heterocycles. The van der Waals surface area contributed by atoms with Gasteiger partial charge < -0.3 is 10.5 Å². The molecular weight excluding hydrogens is 268 g/mol. The zero-order valence-electron chi connectivity index (χ0n) is 12.3. The first kappa shape index (κ1) is 15.3. The summed E-state index contributed by atoms with van der Waals surface area (Å²) in [6, 6.07) is 9.08. The van der Waals surface area contributed by atoms with Gasteiger partial charge in [-0.1, -0.05) is 31.3 Å². The molecule has 0 spiro atoms. The Kier molecular flexibility index (Phi) is 5.38. The summed E-state index contributed by atoms with van der Waals surface area (Å²) in [7, 11) is 0. The second-order valence-electron chi connectivity index (χ2n) is 5.44. The number of likely N-dealkylation sites (tertiary alicyclic amines) is 1. The lowest BCUT2D eigenvalue weighted by molar-refractivity contribution is 0.159. The normalized spacial score (nSPS) is 22.9. The predicted molar refractivity (Wildman–Crippen MR) is 87.3 cm³/mol. The summed E-state index contributed by atoms with van der Waals surface area (Å²) < 4.78 is 5.89. The predicted octanol–water partition coefficient (Wildman–Crippen LogP) is 2.96. The topological polar surface area (TPSA) is 38.5 Å². The summed E-state index contributed by atoms with van der Waals surface area (Å²) in [5, 5.41) is 0. The van der Waals surface area contributed by atoms with Gasteiger partial charge in [0, 0.05) is 18.6 Å². The van der Waals surface area contributed by atoms with Crippen molar-refractivity contribution >= 4 is 17.2 Å². The standard InChI is InChI=1S/C16H24N2OS/c1-3-13-9-8-12(2)18(13)10-11-19-15-7-5-4-6-14(15)16(17)20/h4-7,12-13H,3,8-11H2,1-2H3,(H2,17,20). The summed E-state index contributed by atoms with van der Waals surface area (Å²) in [5.41, 5.74) is 6.54. The van der Waals surface area contributed by atoms with Gasteiger partial charge in [-0.15, -0.1) is 0 Å². The number of benzene rings is 1. The van der Waals surface area contributed by atoms with E-state index < -0.39 is 0 Å². The van der Waals surface area contributed by atoms with E-state index in [0.29, 0.717) is 23.7 Å². The molecular formula is C16H24N2OS. The van der Waals surface area contributed by atoms with E-state index in [0.717, 1.165) is 17.9 Å². The third kappa shape index (κ3) is 3.49. The lowest BCUT2D eigenvalue weighted by Gasteiger charge is -2.27. The summed E-state index contributed by atoms with van der Waals surface area (Å²) in [6.45, 7) is 6.21. The van der Waals surface area contributed by atoms with E-state index in [9.17, 15) is 0 Å². The van der Waals surface area contributed by atoms with Gasteiger partial charge in [0.15, 0.2) is 0 Å². The molecule has 2 N–H and O–H groups in total. The van der Waals surface area contributed by atoms with E-state index in [1.807, 2.05) is 24.3 Å². The molecule has 2 rings (SSSR count). The Hall–Kier alpha value is -1.13. The number of ether oxygens (including phenoxy) is 1. The van der Waals surface area contributed by atoms with Crippen LogP contribution in [0.3, 0.4) is 0 Å². The summed E-state index contributed by atoms with van der Waals surface area (Å²) in [6.07, 6.45) is 3.82. The van der Waals surface area contributed by atoms with Crippen LogP contribution < -0.4 is 10.5 Å². The fourth-order valence-corrected chi connectivity index (χ4v) is 3.19. The van der Waals surface area contributed by atoms with Crippen LogP contribution >= 0.6 is 12.2 Å². The van der Waals surface area contributed by atoms with Gasteiger partial charge in [0.2, 0.25) is 0 Å². The van der Waals surface area contributed by atoms with Crippen LogP contribution in [0.25, 0.3) is 0 Å². The van der Waals surface area contributed by atoms with Gasteiger partial charge >= 0.3 is 0 Å². The molecule has 0 bridgehead atoms. The Morgan fingerprint density at radius 2 is 2.15 bits per heavy atom. The van der Waals surface area contributed by atoms with Crippen LogP contribution in [-0.2, 0) is 0 Å². The van der Waals surface area contributed by atoms with Crippen LogP contribution in [0.4, 0.5) is 0 Å². The van der Waals surface area contributed by atoms with Crippen molar-refractivity contribution in [2.45, 2.75) is 45.2 Å². The first-order valence-corrected chi connectivity index (χ1v) is 7.81. The van der Waals surface area contributed by atoms with Crippen LogP contribution in [-0.4, -0.2) is 35.1 Å². The van der Waals surface area contributed by atoms with Gasteiger partial charge in [0.25, 0.3) is 0 Å². The summed E-state index contributed by atoms with van der Waals surface area (Å²) >= 11 is 5.05. The number of nitrogens with zero attached hydrogens (tertiary/aromatic N) is 1. The number of hydrogen-bond donors (Lipinski definition) is 1. The summed E-state index contributed by atoms with van der Waals surface area (Å²) in [4.78, 5) is 2.95. The largest absolute Gasteiger partial charge is 0.492 e. The molecule has 1 fully saturated rings. The minimum absolute atomic E-state index is 0.390. The average Bonchev–Trinajstić information content (AvgIpc) is 2.80. The molecule has 0 radical (unpaired) electrons. The van der Waals surface area contributed by atoms with Crippen LogP contribution in [0.2, 0.25) is 0 Å². The molecule has 1 saturated heterocycles. The number of thiocarbonyl (C=S) groups is 1. The fraction of sp³-hybridized carbons (Fsp3) is 0.562. The molecule has 1 aromatic rings. The zero-order valence-corrected chi connectivity index (χ0v) is 13.2. The second-order valence-corrected chi connectivity index (χ2v) is 5.87. The molecule has 0 aliphatic carbocycles. The zero-order chi connectivity index (χ0) is 14.5. The maximum absolute atomic E-state index is 5.89. The van der Waals surface area contributed by atoms with Crippen molar-refractivity contribution in [1.82, 2.24) is 4.90 Å². The highest BCUT2D eigenvalue weighted by atomic mass is 32.1. The Labute approximate surface area is 127 Å². The molecule has 2 unspecified atom stereocenters. The van der Waals surface area contributed by atoms with E-state index in [4.69, 9.17) is 22.7 Å². The summed E-state index contributed by atoms with van der Waals surface area (Å²) in [5.74, 6) is 0.792. The highest BCUT2D eigenvalue weighted by Crippen LogP contribution is 2.25. The van der Waals surface area contributed by atoms with Gasteiger partial charge in [-0.25, -0.2) is 0 Å². The molecule has 1 aliphatic rings. The van der Waals surface area contributed by atoms with Crippen molar-refractivity contribution in [3.05, 3.63) is 29.8 Å². The first-order valence-electron chi connectivity index (χ1n) is 7.40. The fourth-order valence-electron chi connectivity index (χ4n) is 3.02. The van der Waals surface area contributed by atoms with Crippen molar-refractivity contribution in [2.75, 3.05) is 13.2 Å². The van der Waals surface area contributed by atoms with Gasteiger partial charge in [0.05, 0.1) is 5.56 Å². The molecule has 1 heterocycles. The highest BCUT2D eigenvalue weighted by Gasteiger charge is 2.28. The molecule has 2 atom stereocenters. The van der Waals surface area contributed by atoms with Crippen molar-refractivity contribution < 1.29 is 4.74 Å². The Balaban J connectivity index is 1.91. The van der Waals surface area contributed by atoms with Crippen molar-refractivity contribution in [3.63, 3.8) is 0 Å². The van der Waals surface area contributed by atoms with Gasteiger partial charge in [-0.3, -0.25) is 4.90 Å². The minimum Gasteiger partial charge on any atom is -0.492 e. The number of para-hydroxylation sites is 1. The number of hydrogen-bond acceptors (Lipinski definition) is 3. The maximum Gasteiger partial charge on any atom is 0.129 e. The van der Waals surface area contributed by atoms with Crippen LogP contribution in [0.5, 0.6) is 5.75 Å². The lowest BCUT2D eigenvalue weighted by Crippen LogP contribution is -2.37. The smallest absolute Gasteiger partial charge is 0.129 e. The third-order valence-electron chi connectivity index (χ3n) is 4.18. The third-order valence-corrected chi connectivity index (χ3v) is 4.40. The van der Waals surface area contributed by atoms with Gasteiger partial charge in [-0.2, -0.15) is 0 Å². The van der Waals surface area contributed by atoms with E-state index in [-0.39, 0.29) is 0 Å². The second kappa shape index (κ2) is 7.04. The Bertz CT molecular complexity index is 464. The molecule has 20 heavy (non-hydrogen) atoms. The molecule has 110 valence electrons. The Morgan fingerprint density at radius 3 is 2.85 bits per heavy atom. The molecule has 0 amide bonds. The molecule has 0 aromatic heterocycles. The Morgan fingerprint density at radius 1 is 1.40 bits per heavy atom. The molecule has 0 saturated carbocycles. The minimum atomic E-state index is 0.390. The van der Waals surface area contributed by atoms with Gasteiger partial charge in [0.1, 0.15) is 17.3 Å².